The summed E-state index contributed by atoms with van der Waals surface area (Å²) in [6.45, 7) is 1.70. The van der Waals surface area contributed by atoms with E-state index in [2.05, 4.69) is 22.4 Å². The van der Waals surface area contributed by atoms with Crippen molar-refractivity contribution >= 4 is 10.9 Å². The average molecular weight is 393 g/mol. The highest BCUT2D eigenvalue weighted by Crippen LogP contribution is 2.19. The molecule has 1 aliphatic rings. The lowest BCUT2D eigenvalue weighted by Crippen LogP contribution is -2.48. The summed E-state index contributed by atoms with van der Waals surface area (Å²) in [7, 11) is 0. The molecule has 0 unspecified atom stereocenters. The van der Waals surface area contributed by atoms with E-state index in [1.807, 2.05) is 36.4 Å². The van der Waals surface area contributed by atoms with E-state index in [9.17, 15) is 9.90 Å². The Balaban J connectivity index is 1.39. The minimum atomic E-state index is -0.658. The van der Waals surface area contributed by atoms with E-state index in [0.717, 1.165) is 24.9 Å². The van der Waals surface area contributed by atoms with Crippen molar-refractivity contribution in [2.45, 2.75) is 50.7 Å². The van der Waals surface area contributed by atoms with E-state index in [0.29, 0.717) is 23.9 Å². The number of rotatable bonds is 7. The summed E-state index contributed by atoms with van der Waals surface area (Å²) in [5, 5.41) is 14.7. The number of para-hydroxylation sites is 1. The van der Waals surface area contributed by atoms with Crippen LogP contribution in [0.25, 0.3) is 10.9 Å². The zero-order valence-corrected chi connectivity index (χ0v) is 16.4. The van der Waals surface area contributed by atoms with Gasteiger partial charge in [0, 0.05) is 6.04 Å². The second-order valence-electron chi connectivity index (χ2n) is 7.65. The van der Waals surface area contributed by atoms with Crippen molar-refractivity contribution in [3.63, 3.8) is 0 Å². The third-order valence-corrected chi connectivity index (χ3v) is 5.49. The first kappa shape index (κ1) is 19.8. The van der Waals surface area contributed by atoms with Crippen LogP contribution in [-0.2, 0) is 17.9 Å². The molecule has 1 saturated heterocycles. The number of aliphatic hydroxyl groups is 1. The molecule has 6 nitrogen and oxygen atoms in total. The molecule has 0 aliphatic carbocycles. The predicted molar refractivity (Wildman–Crippen MR) is 113 cm³/mol. The first-order valence-corrected chi connectivity index (χ1v) is 10.2. The Morgan fingerprint density at radius 3 is 2.83 bits per heavy atom. The van der Waals surface area contributed by atoms with Crippen LogP contribution in [0.2, 0.25) is 0 Å². The molecule has 0 saturated carbocycles. The predicted octanol–water partition coefficient (Wildman–Crippen LogP) is 2.48. The summed E-state index contributed by atoms with van der Waals surface area (Å²) in [6, 6.07) is 17.5. The maximum absolute atomic E-state index is 12.7. The lowest BCUT2D eigenvalue weighted by molar-refractivity contribution is -0.0173. The van der Waals surface area contributed by atoms with Gasteiger partial charge in [-0.2, -0.15) is 0 Å². The maximum atomic E-state index is 12.7. The first-order valence-electron chi connectivity index (χ1n) is 10.2. The molecule has 3 aromatic rings. The van der Waals surface area contributed by atoms with Crippen LogP contribution < -0.4 is 10.9 Å². The largest absolute Gasteiger partial charge is 0.391 e. The highest BCUT2D eigenvalue weighted by molar-refractivity contribution is 5.76. The van der Waals surface area contributed by atoms with E-state index in [4.69, 9.17) is 4.74 Å². The molecule has 0 radical (unpaired) electrons. The molecule has 0 amide bonds. The number of hydrogen-bond acceptors (Lipinski definition) is 5. The fourth-order valence-electron chi connectivity index (χ4n) is 3.97. The highest BCUT2D eigenvalue weighted by atomic mass is 16.5. The monoisotopic (exact) mass is 393 g/mol. The summed E-state index contributed by atoms with van der Waals surface area (Å²) in [6.07, 6.45) is 3.46. The van der Waals surface area contributed by atoms with Gasteiger partial charge in [0.15, 0.2) is 0 Å². The first-order chi connectivity index (χ1) is 14.2. The number of ether oxygens (including phenoxy) is 1. The fraction of sp³-hybridized carbons (Fsp3) is 0.391. The molecule has 2 N–H and O–H groups in total. The molecular weight excluding hydrogens is 366 g/mol. The number of benzene rings is 2. The molecular formula is C23H27N3O3. The Kier molecular flexibility index (Phi) is 6.34. The summed E-state index contributed by atoms with van der Waals surface area (Å²) in [5.41, 5.74) is 1.70. The van der Waals surface area contributed by atoms with Gasteiger partial charge in [0.05, 0.1) is 42.6 Å². The number of aromatic nitrogens is 2. The SMILES string of the molecule is O=c1c2ccccc2ncn1C[C@H](O)C[C@H]1NCCC[C@@H]1OCc1ccccc1. The normalized spacial score (nSPS) is 20.6. The van der Waals surface area contributed by atoms with Crippen LogP contribution in [0, 0.1) is 0 Å². The lowest BCUT2D eigenvalue weighted by Gasteiger charge is -2.34. The quantitative estimate of drug-likeness (QED) is 0.645. The second-order valence-corrected chi connectivity index (χ2v) is 7.65. The smallest absolute Gasteiger partial charge is 0.261 e. The number of piperidine rings is 1. The van der Waals surface area contributed by atoms with Crippen molar-refractivity contribution in [3.8, 4) is 0 Å². The van der Waals surface area contributed by atoms with Crippen LogP contribution >= 0.6 is 0 Å². The van der Waals surface area contributed by atoms with Gasteiger partial charge in [-0.05, 0) is 43.5 Å². The minimum absolute atomic E-state index is 0.0463. The Hall–Kier alpha value is -2.54. The number of fused-ring (bicyclic) bond motifs is 1. The average Bonchev–Trinajstić information content (AvgIpc) is 2.76. The van der Waals surface area contributed by atoms with Crippen LogP contribution in [0.15, 0.2) is 65.7 Å². The maximum Gasteiger partial charge on any atom is 0.261 e. The second kappa shape index (κ2) is 9.31. The molecule has 2 heterocycles. The molecule has 1 fully saturated rings. The molecule has 1 aliphatic heterocycles. The van der Waals surface area contributed by atoms with Gasteiger partial charge in [0.1, 0.15) is 0 Å². The lowest BCUT2D eigenvalue weighted by atomic mass is 9.96. The Bertz CT molecular complexity index is 989. The Labute approximate surface area is 170 Å². The summed E-state index contributed by atoms with van der Waals surface area (Å²) < 4.78 is 7.66. The number of nitrogens with one attached hydrogen (secondary N) is 1. The van der Waals surface area contributed by atoms with Crippen LogP contribution in [0.5, 0.6) is 0 Å². The number of hydrogen-bond donors (Lipinski definition) is 2. The molecule has 0 spiro atoms. The van der Waals surface area contributed by atoms with Gasteiger partial charge in [-0.15, -0.1) is 0 Å². The highest BCUT2D eigenvalue weighted by Gasteiger charge is 2.27. The molecule has 2 aromatic carbocycles. The molecule has 4 rings (SSSR count). The molecule has 3 atom stereocenters. The van der Waals surface area contributed by atoms with E-state index < -0.39 is 6.10 Å². The molecule has 0 bridgehead atoms. The van der Waals surface area contributed by atoms with Gasteiger partial charge in [-0.1, -0.05) is 42.5 Å². The molecule has 152 valence electrons. The summed E-state index contributed by atoms with van der Waals surface area (Å²) >= 11 is 0. The topological polar surface area (TPSA) is 76.4 Å². The van der Waals surface area contributed by atoms with Gasteiger partial charge >= 0.3 is 0 Å². The van der Waals surface area contributed by atoms with E-state index in [1.54, 1.807) is 6.07 Å². The van der Waals surface area contributed by atoms with Crippen LogP contribution in [-0.4, -0.2) is 39.5 Å². The number of nitrogens with zero attached hydrogens (tertiary/aromatic N) is 2. The van der Waals surface area contributed by atoms with Crippen molar-refractivity contribution in [2.24, 2.45) is 0 Å². The van der Waals surface area contributed by atoms with Gasteiger partial charge in [-0.25, -0.2) is 4.98 Å². The Morgan fingerprint density at radius 2 is 1.97 bits per heavy atom. The van der Waals surface area contributed by atoms with Crippen molar-refractivity contribution in [2.75, 3.05) is 6.54 Å². The van der Waals surface area contributed by atoms with Crippen molar-refractivity contribution in [1.29, 1.82) is 0 Å². The minimum Gasteiger partial charge on any atom is -0.391 e. The van der Waals surface area contributed by atoms with E-state index in [1.165, 1.54) is 10.9 Å². The van der Waals surface area contributed by atoms with Gasteiger partial charge < -0.3 is 15.2 Å². The van der Waals surface area contributed by atoms with Crippen LogP contribution in [0.3, 0.4) is 0 Å². The summed E-state index contributed by atoms with van der Waals surface area (Å²) in [5.74, 6) is 0. The fourth-order valence-corrected chi connectivity index (χ4v) is 3.97. The van der Waals surface area contributed by atoms with Gasteiger partial charge in [0.2, 0.25) is 0 Å². The van der Waals surface area contributed by atoms with Crippen molar-refractivity contribution < 1.29 is 9.84 Å². The standard InChI is InChI=1S/C23H27N3O3/c27-18(14-26-16-25-20-10-5-4-9-19(20)23(26)28)13-21-22(11-6-12-24-21)29-15-17-7-2-1-3-8-17/h1-5,7-10,16,18,21-22,24,27H,6,11-15H2/t18-,21-,22+/m1/s1. The van der Waals surface area contributed by atoms with Gasteiger partial charge in [0.25, 0.3) is 5.56 Å². The van der Waals surface area contributed by atoms with Crippen molar-refractivity contribution in [3.05, 3.63) is 76.8 Å². The van der Waals surface area contributed by atoms with E-state index in [-0.39, 0.29) is 24.2 Å². The summed E-state index contributed by atoms with van der Waals surface area (Å²) in [4.78, 5) is 17.0. The zero-order valence-electron chi connectivity index (χ0n) is 16.4. The van der Waals surface area contributed by atoms with Crippen molar-refractivity contribution in [1.82, 2.24) is 14.9 Å². The van der Waals surface area contributed by atoms with Crippen LogP contribution in [0.4, 0.5) is 0 Å². The molecule has 29 heavy (non-hydrogen) atoms. The van der Waals surface area contributed by atoms with Crippen LogP contribution in [0.1, 0.15) is 24.8 Å². The Morgan fingerprint density at radius 1 is 1.17 bits per heavy atom. The molecule has 6 heteroatoms. The third-order valence-electron chi connectivity index (χ3n) is 5.49. The third kappa shape index (κ3) is 4.90. The number of aliphatic hydroxyl groups excluding tert-OH is 1. The molecule has 1 aromatic heterocycles. The van der Waals surface area contributed by atoms with E-state index >= 15 is 0 Å². The zero-order chi connectivity index (χ0) is 20.1. The van der Waals surface area contributed by atoms with Gasteiger partial charge in [-0.3, -0.25) is 9.36 Å².